The molecule has 0 aliphatic carbocycles. The van der Waals surface area contributed by atoms with Gasteiger partial charge in [-0.05, 0) is 13.8 Å². The van der Waals surface area contributed by atoms with E-state index in [1.165, 1.54) is 13.8 Å². The highest BCUT2D eigenvalue weighted by Gasteiger charge is 2.43. The number of ether oxygens (including phenoxy) is 1. The van der Waals surface area contributed by atoms with E-state index in [0.717, 1.165) is 4.90 Å². The van der Waals surface area contributed by atoms with Crippen LogP contribution in [0.5, 0.6) is 0 Å². The standard InChI is InChI=1S/C10H13NO5/c1-4-16-10(15)7-8(13)5(2)11(6(3)12)9(7)14/h5,13H,4H2,1-3H3. The maximum atomic E-state index is 11.7. The van der Waals surface area contributed by atoms with Crippen LogP contribution in [0.1, 0.15) is 20.8 Å². The molecule has 0 aromatic carbocycles. The lowest BCUT2D eigenvalue weighted by Gasteiger charge is -2.17. The van der Waals surface area contributed by atoms with Crippen molar-refractivity contribution < 1.29 is 24.2 Å². The summed E-state index contributed by atoms with van der Waals surface area (Å²) in [5.74, 6) is -2.65. The molecule has 1 heterocycles. The molecule has 1 rings (SSSR count). The van der Waals surface area contributed by atoms with E-state index >= 15 is 0 Å². The largest absolute Gasteiger partial charge is 0.509 e. The Labute approximate surface area is 92.5 Å². The normalized spacial score (nSPS) is 20.3. The summed E-state index contributed by atoms with van der Waals surface area (Å²) in [4.78, 5) is 35.0. The predicted octanol–water partition coefficient (Wildman–Crippen LogP) is 0.139. The molecule has 0 saturated heterocycles. The summed E-state index contributed by atoms with van der Waals surface area (Å²) in [6.45, 7) is 4.33. The van der Waals surface area contributed by atoms with Crippen LogP contribution in [0.2, 0.25) is 0 Å². The number of hydrogen-bond donors (Lipinski definition) is 1. The number of hydrogen-bond acceptors (Lipinski definition) is 5. The van der Waals surface area contributed by atoms with Gasteiger partial charge in [-0.15, -0.1) is 0 Å². The Morgan fingerprint density at radius 2 is 2.06 bits per heavy atom. The fourth-order valence-electron chi connectivity index (χ4n) is 1.55. The summed E-state index contributed by atoms with van der Waals surface area (Å²) >= 11 is 0. The average molecular weight is 227 g/mol. The first kappa shape index (κ1) is 12.2. The SMILES string of the molecule is CCOC(=O)C1=C(O)C(C)N(C(C)=O)C1=O. The highest BCUT2D eigenvalue weighted by molar-refractivity contribution is 6.22. The lowest BCUT2D eigenvalue weighted by Crippen LogP contribution is -2.38. The van der Waals surface area contributed by atoms with Crippen LogP contribution in [0.25, 0.3) is 0 Å². The molecule has 1 unspecified atom stereocenters. The molecule has 16 heavy (non-hydrogen) atoms. The Morgan fingerprint density at radius 1 is 1.50 bits per heavy atom. The molecule has 0 bridgehead atoms. The topological polar surface area (TPSA) is 83.9 Å². The van der Waals surface area contributed by atoms with E-state index in [2.05, 4.69) is 4.74 Å². The molecule has 0 aromatic heterocycles. The number of nitrogens with zero attached hydrogens (tertiary/aromatic N) is 1. The third kappa shape index (κ3) is 1.78. The second-order valence-corrected chi connectivity index (χ2v) is 3.35. The molecule has 88 valence electrons. The van der Waals surface area contributed by atoms with Gasteiger partial charge in [0.1, 0.15) is 5.76 Å². The lowest BCUT2D eigenvalue weighted by atomic mass is 10.2. The molecule has 6 heteroatoms. The Bertz CT molecular complexity index is 385. The van der Waals surface area contributed by atoms with Crippen LogP contribution >= 0.6 is 0 Å². The average Bonchev–Trinajstić information content (AvgIpc) is 2.38. The second-order valence-electron chi connectivity index (χ2n) is 3.35. The first-order chi connectivity index (χ1) is 7.41. The van der Waals surface area contributed by atoms with Gasteiger partial charge in [-0.1, -0.05) is 0 Å². The zero-order chi connectivity index (χ0) is 12.5. The van der Waals surface area contributed by atoms with Crippen molar-refractivity contribution in [3.8, 4) is 0 Å². The van der Waals surface area contributed by atoms with E-state index in [1.807, 2.05) is 0 Å². The number of carbonyl (C=O) groups is 3. The Morgan fingerprint density at radius 3 is 2.44 bits per heavy atom. The molecule has 0 fully saturated rings. The van der Waals surface area contributed by atoms with Crippen LogP contribution in [0.4, 0.5) is 0 Å². The summed E-state index contributed by atoms with van der Waals surface area (Å²) in [6.07, 6.45) is 0. The van der Waals surface area contributed by atoms with Crippen LogP contribution in [0.15, 0.2) is 11.3 Å². The van der Waals surface area contributed by atoms with E-state index in [9.17, 15) is 19.5 Å². The van der Waals surface area contributed by atoms with Crippen LogP contribution in [0, 0.1) is 0 Å². The van der Waals surface area contributed by atoms with Crippen LogP contribution in [-0.4, -0.2) is 40.4 Å². The van der Waals surface area contributed by atoms with Gasteiger partial charge in [0.2, 0.25) is 5.91 Å². The third-order valence-corrected chi connectivity index (χ3v) is 2.29. The van der Waals surface area contributed by atoms with E-state index in [-0.39, 0.29) is 6.61 Å². The molecular weight excluding hydrogens is 214 g/mol. The lowest BCUT2D eigenvalue weighted by molar-refractivity contribution is -0.144. The summed E-state index contributed by atoms with van der Waals surface area (Å²) in [5, 5.41) is 9.61. The first-order valence-electron chi connectivity index (χ1n) is 4.86. The quantitative estimate of drug-likeness (QED) is 0.535. The number of aliphatic hydroxyl groups is 1. The van der Waals surface area contributed by atoms with E-state index in [1.54, 1.807) is 6.92 Å². The van der Waals surface area contributed by atoms with Gasteiger partial charge < -0.3 is 9.84 Å². The molecule has 2 amide bonds. The van der Waals surface area contributed by atoms with Gasteiger partial charge in [0.05, 0.1) is 12.6 Å². The van der Waals surface area contributed by atoms with Gasteiger partial charge in [-0.3, -0.25) is 14.5 Å². The highest BCUT2D eigenvalue weighted by Crippen LogP contribution is 2.24. The molecule has 0 spiro atoms. The fraction of sp³-hybridized carbons (Fsp3) is 0.500. The number of carbonyl (C=O) groups excluding carboxylic acids is 3. The molecular formula is C10H13NO5. The number of amides is 2. The van der Waals surface area contributed by atoms with Crippen molar-refractivity contribution in [2.24, 2.45) is 0 Å². The molecule has 6 nitrogen and oxygen atoms in total. The van der Waals surface area contributed by atoms with E-state index in [4.69, 9.17) is 0 Å². The smallest absolute Gasteiger partial charge is 0.347 e. The molecule has 0 saturated carbocycles. The van der Waals surface area contributed by atoms with Gasteiger partial charge in [0, 0.05) is 6.92 Å². The van der Waals surface area contributed by atoms with Crippen molar-refractivity contribution >= 4 is 17.8 Å². The predicted molar refractivity (Wildman–Crippen MR) is 53.3 cm³/mol. The third-order valence-electron chi connectivity index (χ3n) is 2.29. The number of imide groups is 1. The fourth-order valence-corrected chi connectivity index (χ4v) is 1.55. The number of rotatable bonds is 2. The Balaban J connectivity index is 3.06. The molecule has 1 aliphatic heterocycles. The molecule has 1 aliphatic rings. The highest BCUT2D eigenvalue weighted by atomic mass is 16.5. The van der Waals surface area contributed by atoms with Crippen molar-refractivity contribution in [3.05, 3.63) is 11.3 Å². The van der Waals surface area contributed by atoms with Crippen molar-refractivity contribution in [3.63, 3.8) is 0 Å². The summed E-state index contributed by atoms with van der Waals surface area (Å²) in [6, 6.07) is -0.815. The van der Waals surface area contributed by atoms with E-state index in [0.29, 0.717) is 0 Å². The van der Waals surface area contributed by atoms with E-state index < -0.39 is 35.2 Å². The molecule has 0 aromatic rings. The van der Waals surface area contributed by atoms with Crippen LogP contribution in [0.3, 0.4) is 0 Å². The summed E-state index contributed by atoms with van der Waals surface area (Å²) in [7, 11) is 0. The second kappa shape index (κ2) is 4.34. The van der Waals surface area contributed by atoms with Gasteiger partial charge in [-0.25, -0.2) is 4.79 Å². The zero-order valence-corrected chi connectivity index (χ0v) is 9.31. The maximum absolute atomic E-state index is 11.7. The maximum Gasteiger partial charge on any atom is 0.347 e. The van der Waals surface area contributed by atoms with Crippen molar-refractivity contribution in [1.29, 1.82) is 0 Å². The minimum Gasteiger partial charge on any atom is -0.509 e. The van der Waals surface area contributed by atoms with Crippen LogP contribution in [-0.2, 0) is 19.1 Å². The molecule has 0 radical (unpaired) electrons. The van der Waals surface area contributed by atoms with Gasteiger partial charge in [0.15, 0.2) is 5.57 Å². The summed E-state index contributed by atoms with van der Waals surface area (Å²) in [5.41, 5.74) is -0.454. The minimum atomic E-state index is -0.902. The first-order valence-corrected chi connectivity index (χ1v) is 4.86. The molecule has 1 N–H and O–H groups in total. The monoisotopic (exact) mass is 227 g/mol. The van der Waals surface area contributed by atoms with Gasteiger partial charge in [0.25, 0.3) is 5.91 Å². The van der Waals surface area contributed by atoms with Gasteiger partial charge in [-0.2, -0.15) is 0 Å². The van der Waals surface area contributed by atoms with Crippen LogP contribution < -0.4 is 0 Å². The summed E-state index contributed by atoms with van der Waals surface area (Å²) < 4.78 is 4.63. The Kier molecular flexibility index (Phi) is 3.31. The van der Waals surface area contributed by atoms with Crippen molar-refractivity contribution in [2.45, 2.75) is 26.8 Å². The van der Waals surface area contributed by atoms with Crippen molar-refractivity contribution in [2.75, 3.05) is 6.61 Å². The Hall–Kier alpha value is -1.85. The molecule has 1 atom stereocenters. The number of esters is 1. The number of aliphatic hydroxyl groups excluding tert-OH is 1. The van der Waals surface area contributed by atoms with Crippen molar-refractivity contribution in [1.82, 2.24) is 4.90 Å². The minimum absolute atomic E-state index is 0.0946. The van der Waals surface area contributed by atoms with Gasteiger partial charge >= 0.3 is 5.97 Å². The zero-order valence-electron chi connectivity index (χ0n) is 9.31.